The molecule has 128 valence electrons. The van der Waals surface area contributed by atoms with Crippen LogP contribution >= 0.6 is 11.6 Å². The molecule has 0 aromatic carbocycles. The fourth-order valence-electron chi connectivity index (χ4n) is 2.01. The van der Waals surface area contributed by atoms with Crippen molar-refractivity contribution < 1.29 is 0 Å². The van der Waals surface area contributed by atoms with Crippen LogP contribution in [0.2, 0.25) is 0 Å². The van der Waals surface area contributed by atoms with E-state index < -0.39 is 0 Å². The molecular weight excluding hydrogens is 294 g/mol. The Morgan fingerprint density at radius 3 is 2.59 bits per heavy atom. The highest BCUT2D eigenvalue weighted by atomic mass is 35.5. The molecule has 4 heteroatoms. The standard InChI is InChI=1S/C18H34ClN3/c1-5-8-15-22(16-18(7-3)10-9-12-19)21-17(4)11-14-20-13-6-2/h7,9-10,20H,5-6,8,11-16H2,1-4H3/b10-9-,18-7+,21-17+. The van der Waals surface area contributed by atoms with E-state index in [4.69, 9.17) is 16.7 Å². The molecule has 0 aliphatic heterocycles. The fraction of sp³-hybridized carbons (Fsp3) is 0.722. The molecule has 0 radical (unpaired) electrons. The Balaban J connectivity index is 4.56. The van der Waals surface area contributed by atoms with E-state index in [9.17, 15) is 0 Å². The van der Waals surface area contributed by atoms with Crippen LogP contribution in [0.5, 0.6) is 0 Å². The van der Waals surface area contributed by atoms with Crippen molar-refractivity contribution in [2.45, 2.75) is 53.4 Å². The molecule has 0 amide bonds. The summed E-state index contributed by atoms with van der Waals surface area (Å²) in [7, 11) is 0. The average molecular weight is 328 g/mol. The Morgan fingerprint density at radius 1 is 1.23 bits per heavy atom. The Bertz CT molecular complexity index is 348. The van der Waals surface area contributed by atoms with Gasteiger partial charge in [0.15, 0.2) is 0 Å². The molecule has 0 heterocycles. The van der Waals surface area contributed by atoms with E-state index in [1.54, 1.807) is 0 Å². The molecule has 0 spiro atoms. The fourth-order valence-corrected chi connectivity index (χ4v) is 2.10. The molecule has 0 saturated heterocycles. The minimum Gasteiger partial charge on any atom is -0.316 e. The number of allylic oxidation sites excluding steroid dienone is 2. The van der Waals surface area contributed by atoms with Gasteiger partial charge >= 0.3 is 0 Å². The van der Waals surface area contributed by atoms with Gasteiger partial charge in [-0.05, 0) is 45.2 Å². The van der Waals surface area contributed by atoms with Crippen LogP contribution in [-0.4, -0.2) is 42.8 Å². The number of hydrogen-bond donors (Lipinski definition) is 1. The molecule has 0 saturated carbocycles. The lowest BCUT2D eigenvalue weighted by atomic mass is 10.2. The SMILES string of the molecule is C/C=C(\C=C/CCl)CN(CCCC)/N=C(\C)CCNCCC. The molecule has 0 aliphatic carbocycles. The highest BCUT2D eigenvalue weighted by Crippen LogP contribution is 2.06. The average Bonchev–Trinajstić information content (AvgIpc) is 2.52. The smallest absolute Gasteiger partial charge is 0.0607 e. The minimum atomic E-state index is 0.553. The number of unbranched alkanes of at least 4 members (excludes halogenated alkanes) is 1. The summed E-state index contributed by atoms with van der Waals surface area (Å²) in [6, 6.07) is 0. The van der Waals surface area contributed by atoms with Crippen molar-refractivity contribution in [3.05, 3.63) is 23.8 Å². The number of hydrazone groups is 1. The number of rotatable bonds is 13. The summed E-state index contributed by atoms with van der Waals surface area (Å²) in [6.07, 6.45) is 10.8. The van der Waals surface area contributed by atoms with Crippen LogP contribution in [0.15, 0.2) is 28.9 Å². The molecule has 0 fully saturated rings. The summed E-state index contributed by atoms with van der Waals surface area (Å²) in [4.78, 5) is 0. The second-order valence-electron chi connectivity index (χ2n) is 5.50. The number of hydrogen-bond acceptors (Lipinski definition) is 3. The molecule has 0 aromatic heterocycles. The van der Waals surface area contributed by atoms with E-state index in [1.165, 1.54) is 30.5 Å². The van der Waals surface area contributed by atoms with Crippen LogP contribution in [0.4, 0.5) is 0 Å². The lowest BCUT2D eigenvalue weighted by Crippen LogP contribution is -2.24. The first-order valence-electron chi connectivity index (χ1n) is 8.55. The van der Waals surface area contributed by atoms with Gasteiger partial charge in [0, 0.05) is 24.7 Å². The number of nitrogens with one attached hydrogen (secondary N) is 1. The van der Waals surface area contributed by atoms with Gasteiger partial charge in [0.05, 0.1) is 6.54 Å². The zero-order chi connectivity index (χ0) is 16.6. The molecule has 22 heavy (non-hydrogen) atoms. The highest BCUT2D eigenvalue weighted by molar-refractivity contribution is 6.18. The Hall–Kier alpha value is -0.800. The van der Waals surface area contributed by atoms with Crippen molar-refractivity contribution >= 4 is 17.3 Å². The summed E-state index contributed by atoms with van der Waals surface area (Å²) in [6.45, 7) is 12.5. The van der Waals surface area contributed by atoms with Gasteiger partial charge in [-0.3, -0.25) is 5.01 Å². The molecule has 0 unspecified atom stereocenters. The van der Waals surface area contributed by atoms with Crippen molar-refractivity contribution in [1.82, 2.24) is 10.3 Å². The van der Waals surface area contributed by atoms with E-state index in [0.29, 0.717) is 5.88 Å². The van der Waals surface area contributed by atoms with Crippen LogP contribution in [0.1, 0.15) is 53.4 Å². The largest absolute Gasteiger partial charge is 0.316 e. The molecule has 3 nitrogen and oxygen atoms in total. The zero-order valence-corrected chi connectivity index (χ0v) is 15.6. The van der Waals surface area contributed by atoms with Crippen LogP contribution in [0, 0.1) is 0 Å². The first kappa shape index (κ1) is 21.2. The molecule has 1 N–H and O–H groups in total. The molecular formula is C18H34ClN3. The van der Waals surface area contributed by atoms with Gasteiger partial charge < -0.3 is 5.32 Å². The van der Waals surface area contributed by atoms with Crippen molar-refractivity contribution in [2.24, 2.45) is 5.10 Å². The molecule has 0 aliphatic rings. The second-order valence-corrected chi connectivity index (χ2v) is 5.81. The predicted octanol–water partition coefficient (Wildman–Crippen LogP) is 4.60. The van der Waals surface area contributed by atoms with Gasteiger partial charge in [-0.25, -0.2) is 0 Å². The molecule has 0 bridgehead atoms. The maximum atomic E-state index is 5.73. The topological polar surface area (TPSA) is 27.6 Å². The van der Waals surface area contributed by atoms with Crippen molar-refractivity contribution in [3.63, 3.8) is 0 Å². The van der Waals surface area contributed by atoms with Gasteiger partial charge in [-0.2, -0.15) is 5.10 Å². The van der Waals surface area contributed by atoms with E-state index in [0.717, 1.165) is 32.6 Å². The van der Waals surface area contributed by atoms with Crippen LogP contribution < -0.4 is 5.32 Å². The van der Waals surface area contributed by atoms with Crippen LogP contribution in [-0.2, 0) is 0 Å². The summed E-state index contributed by atoms with van der Waals surface area (Å²) in [5.74, 6) is 0.553. The third-order valence-corrected chi connectivity index (χ3v) is 3.51. The maximum Gasteiger partial charge on any atom is 0.0607 e. The van der Waals surface area contributed by atoms with Crippen LogP contribution in [0.3, 0.4) is 0 Å². The van der Waals surface area contributed by atoms with E-state index in [-0.39, 0.29) is 0 Å². The van der Waals surface area contributed by atoms with Crippen LogP contribution in [0.25, 0.3) is 0 Å². The maximum absolute atomic E-state index is 5.73. The minimum absolute atomic E-state index is 0.553. The third-order valence-electron chi connectivity index (χ3n) is 3.33. The predicted molar refractivity (Wildman–Crippen MR) is 101 cm³/mol. The summed E-state index contributed by atoms with van der Waals surface area (Å²) in [5.41, 5.74) is 2.45. The number of alkyl halides is 1. The lowest BCUT2D eigenvalue weighted by molar-refractivity contribution is 0.308. The van der Waals surface area contributed by atoms with Gasteiger partial charge in [0.2, 0.25) is 0 Å². The first-order valence-corrected chi connectivity index (χ1v) is 9.08. The van der Waals surface area contributed by atoms with Crippen molar-refractivity contribution in [2.75, 3.05) is 32.1 Å². The van der Waals surface area contributed by atoms with E-state index in [1.807, 2.05) is 6.08 Å². The Labute approximate surface area is 142 Å². The normalized spacial score (nSPS) is 13.1. The van der Waals surface area contributed by atoms with E-state index in [2.05, 4.69) is 50.2 Å². The highest BCUT2D eigenvalue weighted by Gasteiger charge is 2.04. The second kappa shape index (κ2) is 15.1. The summed E-state index contributed by atoms with van der Waals surface area (Å²) in [5, 5.41) is 10.4. The third kappa shape index (κ3) is 11.8. The summed E-state index contributed by atoms with van der Waals surface area (Å²) < 4.78 is 0. The van der Waals surface area contributed by atoms with Crippen molar-refractivity contribution in [1.29, 1.82) is 0 Å². The van der Waals surface area contributed by atoms with Gasteiger partial charge in [0.1, 0.15) is 0 Å². The van der Waals surface area contributed by atoms with Gasteiger partial charge in [-0.1, -0.05) is 38.5 Å². The molecule has 0 rings (SSSR count). The molecule has 0 atom stereocenters. The molecule has 0 aromatic rings. The zero-order valence-electron chi connectivity index (χ0n) is 14.9. The number of halogens is 1. The Kier molecular flexibility index (Phi) is 14.6. The van der Waals surface area contributed by atoms with Crippen molar-refractivity contribution in [3.8, 4) is 0 Å². The number of nitrogens with zero attached hydrogens (tertiary/aromatic N) is 2. The quantitative estimate of drug-likeness (QED) is 0.176. The van der Waals surface area contributed by atoms with Gasteiger partial charge in [-0.15, -0.1) is 11.6 Å². The van der Waals surface area contributed by atoms with E-state index >= 15 is 0 Å². The lowest BCUT2D eigenvalue weighted by Gasteiger charge is -2.21. The Morgan fingerprint density at radius 2 is 2.00 bits per heavy atom. The first-order chi connectivity index (χ1) is 10.7. The monoisotopic (exact) mass is 327 g/mol. The van der Waals surface area contributed by atoms with Gasteiger partial charge in [0.25, 0.3) is 0 Å². The summed E-state index contributed by atoms with van der Waals surface area (Å²) >= 11 is 5.73.